The molecule has 3 aromatic rings. The Balaban J connectivity index is 1.84. The molecular formula is C19H16ClN5O2. The Kier molecular flexibility index (Phi) is 4.31. The highest BCUT2D eigenvalue weighted by molar-refractivity contribution is 6.30. The Bertz CT molecular complexity index is 1030. The number of furan rings is 1. The van der Waals surface area contributed by atoms with Crippen molar-refractivity contribution >= 4 is 41.2 Å². The number of urea groups is 1. The van der Waals surface area contributed by atoms with Crippen LogP contribution in [0.3, 0.4) is 0 Å². The molecule has 0 bridgehead atoms. The quantitative estimate of drug-likeness (QED) is 0.630. The van der Waals surface area contributed by atoms with Crippen molar-refractivity contribution in [3.63, 3.8) is 0 Å². The SMILES string of the molecule is NC(=O)Nc1c(-c2ccc(Cl)cc2)cccc1N1C=Nc2occc2C1N. The standard InChI is InChI=1S/C19H16ClN5O2/c20-12-6-4-11(5-7-12)13-2-1-3-15(16(13)24-19(22)26)25-10-23-18-14(17(25)21)8-9-27-18/h1-10,17H,21H2,(H3,22,24,26). The van der Waals surface area contributed by atoms with Gasteiger partial charge in [0.25, 0.3) is 0 Å². The third-order valence-electron chi connectivity index (χ3n) is 4.32. The van der Waals surface area contributed by atoms with Gasteiger partial charge in [0.2, 0.25) is 5.88 Å². The minimum Gasteiger partial charge on any atom is -0.446 e. The van der Waals surface area contributed by atoms with Crippen molar-refractivity contribution < 1.29 is 9.21 Å². The van der Waals surface area contributed by atoms with Gasteiger partial charge in [0.05, 0.1) is 23.2 Å². The molecule has 0 saturated heterocycles. The first-order valence-corrected chi connectivity index (χ1v) is 8.53. The van der Waals surface area contributed by atoms with Crippen molar-refractivity contribution in [3.05, 3.63) is 65.4 Å². The average Bonchev–Trinajstić information content (AvgIpc) is 3.13. The lowest BCUT2D eigenvalue weighted by molar-refractivity contribution is 0.259. The van der Waals surface area contributed by atoms with Crippen LogP contribution in [0.25, 0.3) is 11.1 Å². The maximum absolute atomic E-state index is 11.7. The molecule has 1 aromatic heterocycles. The van der Waals surface area contributed by atoms with E-state index < -0.39 is 12.2 Å². The van der Waals surface area contributed by atoms with Crippen LogP contribution in [-0.4, -0.2) is 12.4 Å². The van der Waals surface area contributed by atoms with E-state index in [-0.39, 0.29) is 0 Å². The Morgan fingerprint density at radius 1 is 1.19 bits per heavy atom. The first-order chi connectivity index (χ1) is 13.0. The van der Waals surface area contributed by atoms with Gasteiger partial charge < -0.3 is 26.1 Å². The molecule has 1 aliphatic heterocycles. The molecule has 0 saturated carbocycles. The van der Waals surface area contributed by atoms with Gasteiger partial charge in [0.1, 0.15) is 12.5 Å². The molecule has 1 unspecified atom stereocenters. The summed E-state index contributed by atoms with van der Waals surface area (Å²) in [6.45, 7) is 0. The first-order valence-electron chi connectivity index (χ1n) is 8.15. The molecule has 0 spiro atoms. The van der Waals surface area contributed by atoms with E-state index in [1.807, 2.05) is 30.3 Å². The van der Waals surface area contributed by atoms with Crippen molar-refractivity contribution in [2.45, 2.75) is 6.17 Å². The molecule has 0 aliphatic carbocycles. The number of benzene rings is 2. The van der Waals surface area contributed by atoms with Gasteiger partial charge in [-0.1, -0.05) is 35.9 Å². The number of halogens is 1. The van der Waals surface area contributed by atoms with E-state index >= 15 is 0 Å². The lowest BCUT2D eigenvalue weighted by Crippen LogP contribution is -2.36. The summed E-state index contributed by atoms with van der Waals surface area (Å²) in [5.41, 5.74) is 15.4. The summed E-state index contributed by atoms with van der Waals surface area (Å²) in [6.07, 6.45) is 2.59. The van der Waals surface area contributed by atoms with Crippen LogP contribution in [0.4, 0.5) is 22.1 Å². The Hall–Kier alpha value is -3.29. The number of carbonyl (C=O) groups is 1. The molecule has 5 N–H and O–H groups in total. The van der Waals surface area contributed by atoms with Crippen molar-refractivity contribution in [1.82, 2.24) is 0 Å². The molecule has 1 atom stereocenters. The molecule has 2 aromatic carbocycles. The number of para-hydroxylation sites is 1. The van der Waals surface area contributed by atoms with E-state index in [9.17, 15) is 4.79 Å². The number of fused-ring (bicyclic) bond motifs is 1. The van der Waals surface area contributed by atoms with Crippen LogP contribution >= 0.6 is 11.6 Å². The maximum atomic E-state index is 11.7. The predicted molar refractivity (Wildman–Crippen MR) is 106 cm³/mol. The number of carbonyl (C=O) groups excluding carboxylic acids is 1. The van der Waals surface area contributed by atoms with Gasteiger partial charge in [-0.3, -0.25) is 0 Å². The Morgan fingerprint density at radius 3 is 2.70 bits per heavy atom. The fourth-order valence-electron chi connectivity index (χ4n) is 3.07. The summed E-state index contributed by atoms with van der Waals surface area (Å²) in [5.74, 6) is 0.469. The third-order valence-corrected chi connectivity index (χ3v) is 4.57. The van der Waals surface area contributed by atoms with E-state index in [1.54, 1.807) is 29.4 Å². The van der Waals surface area contributed by atoms with Gasteiger partial charge in [-0.15, -0.1) is 0 Å². The number of nitrogens with two attached hydrogens (primary N) is 2. The van der Waals surface area contributed by atoms with Gasteiger partial charge >= 0.3 is 6.03 Å². The molecule has 4 rings (SSSR count). The van der Waals surface area contributed by atoms with E-state index in [2.05, 4.69) is 10.3 Å². The molecule has 2 amide bonds. The number of aliphatic imine (C=N–C) groups is 1. The van der Waals surface area contributed by atoms with Crippen molar-refractivity contribution in [2.24, 2.45) is 16.5 Å². The second-order valence-electron chi connectivity index (χ2n) is 5.97. The molecular weight excluding hydrogens is 366 g/mol. The van der Waals surface area contributed by atoms with Gasteiger partial charge in [0, 0.05) is 10.6 Å². The number of anilines is 2. The number of hydrogen-bond acceptors (Lipinski definition) is 5. The summed E-state index contributed by atoms with van der Waals surface area (Å²) in [6, 6.07) is 14.0. The van der Waals surface area contributed by atoms with Crippen molar-refractivity contribution in [1.29, 1.82) is 0 Å². The number of rotatable bonds is 3. The second kappa shape index (κ2) is 6.79. The monoisotopic (exact) mass is 381 g/mol. The van der Waals surface area contributed by atoms with Crippen molar-refractivity contribution in [3.8, 4) is 11.1 Å². The van der Waals surface area contributed by atoms with Gasteiger partial charge in [-0.05, 0) is 29.8 Å². The molecule has 0 fully saturated rings. The highest BCUT2D eigenvalue weighted by Gasteiger charge is 2.27. The Labute approximate surface area is 160 Å². The normalized spacial score (nSPS) is 15.5. The summed E-state index contributed by atoms with van der Waals surface area (Å²) < 4.78 is 5.30. The first kappa shape index (κ1) is 17.1. The van der Waals surface area contributed by atoms with Crippen LogP contribution < -0.4 is 21.7 Å². The van der Waals surface area contributed by atoms with Crippen LogP contribution in [0.2, 0.25) is 5.02 Å². The molecule has 27 heavy (non-hydrogen) atoms. The summed E-state index contributed by atoms with van der Waals surface area (Å²) in [4.78, 5) is 17.7. The predicted octanol–water partition coefficient (Wildman–Crippen LogP) is 4.23. The van der Waals surface area contributed by atoms with Crippen LogP contribution in [-0.2, 0) is 0 Å². The molecule has 2 heterocycles. The van der Waals surface area contributed by atoms with Crippen LogP contribution in [0.5, 0.6) is 0 Å². The van der Waals surface area contributed by atoms with Crippen LogP contribution in [0.15, 0.2) is 64.2 Å². The third kappa shape index (κ3) is 3.14. The van der Waals surface area contributed by atoms with Gasteiger partial charge in [-0.2, -0.15) is 0 Å². The minimum atomic E-state index is -0.677. The zero-order valence-corrected chi connectivity index (χ0v) is 14.9. The summed E-state index contributed by atoms with van der Waals surface area (Å²) in [7, 11) is 0. The average molecular weight is 382 g/mol. The summed E-state index contributed by atoms with van der Waals surface area (Å²) in [5, 5.41) is 3.34. The fraction of sp³-hybridized carbons (Fsp3) is 0.0526. The molecule has 136 valence electrons. The number of primary amides is 1. The number of hydrogen-bond donors (Lipinski definition) is 3. The zero-order chi connectivity index (χ0) is 19.0. The van der Waals surface area contributed by atoms with E-state index in [0.717, 1.165) is 16.7 Å². The summed E-state index contributed by atoms with van der Waals surface area (Å²) >= 11 is 5.99. The number of nitrogens with one attached hydrogen (secondary N) is 1. The van der Waals surface area contributed by atoms with E-state index in [0.29, 0.717) is 22.3 Å². The van der Waals surface area contributed by atoms with Crippen molar-refractivity contribution in [2.75, 3.05) is 10.2 Å². The van der Waals surface area contributed by atoms with Gasteiger partial charge in [0.15, 0.2) is 0 Å². The fourth-order valence-corrected chi connectivity index (χ4v) is 3.20. The highest BCUT2D eigenvalue weighted by atomic mass is 35.5. The van der Waals surface area contributed by atoms with Crippen LogP contribution in [0.1, 0.15) is 11.7 Å². The maximum Gasteiger partial charge on any atom is 0.316 e. The number of amides is 2. The molecule has 7 nitrogen and oxygen atoms in total. The Morgan fingerprint density at radius 2 is 1.96 bits per heavy atom. The highest BCUT2D eigenvalue weighted by Crippen LogP contribution is 2.41. The van der Waals surface area contributed by atoms with Gasteiger partial charge in [-0.25, -0.2) is 9.79 Å². The minimum absolute atomic E-state index is 0.469. The molecule has 1 aliphatic rings. The lowest BCUT2D eigenvalue weighted by Gasteiger charge is -2.31. The van der Waals surface area contributed by atoms with Crippen LogP contribution in [0, 0.1) is 0 Å². The van der Waals surface area contributed by atoms with E-state index in [4.69, 9.17) is 27.5 Å². The molecule has 8 heteroatoms. The zero-order valence-electron chi connectivity index (χ0n) is 14.1. The smallest absolute Gasteiger partial charge is 0.316 e. The molecule has 0 radical (unpaired) electrons. The van der Waals surface area contributed by atoms with E-state index in [1.165, 1.54) is 6.26 Å². The second-order valence-corrected chi connectivity index (χ2v) is 6.41. The topological polar surface area (TPSA) is 110 Å². The largest absolute Gasteiger partial charge is 0.446 e. The lowest BCUT2D eigenvalue weighted by atomic mass is 10.0. The number of nitrogens with zero attached hydrogens (tertiary/aromatic N) is 2.